The third-order valence-electron chi connectivity index (χ3n) is 6.05. The molecular formula is C34H30N2O10. The Labute approximate surface area is 264 Å². The summed E-state index contributed by atoms with van der Waals surface area (Å²) >= 11 is 0. The minimum atomic E-state index is -0.614. The van der Waals surface area contributed by atoms with Crippen LogP contribution in [-0.2, 0) is 38.1 Å². The van der Waals surface area contributed by atoms with Crippen molar-refractivity contribution in [1.82, 2.24) is 9.97 Å². The van der Waals surface area contributed by atoms with Gasteiger partial charge in [-0.25, -0.2) is 29.1 Å². The van der Waals surface area contributed by atoms with Crippen LogP contribution in [0.1, 0.15) is 0 Å². The van der Waals surface area contributed by atoms with Gasteiger partial charge in [0.05, 0.1) is 22.4 Å². The molecule has 0 N–H and O–H groups in total. The largest absolute Gasteiger partial charge is 0.482 e. The summed E-state index contributed by atoms with van der Waals surface area (Å²) in [6.07, 6.45) is 2.04. The van der Waals surface area contributed by atoms with Gasteiger partial charge in [-0.2, -0.15) is 0 Å². The lowest BCUT2D eigenvalue weighted by molar-refractivity contribution is -0.151. The van der Waals surface area contributed by atoms with E-state index in [4.69, 9.17) is 38.4 Å². The Kier molecular flexibility index (Phi) is 11.9. The summed E-state index contributed by atoms with van der Waals surface area (Å²) in [7, 11) is 0. The van der Waals surface area contributed by atoms with Crippen LogP contribution in [0.2, 0.25) is 0 Å². The molecule has 0 saturated carbocycles. The van der Waals surface area contributed by atoms with Crippen molar-refractivity contribution < 1.29 is 47.6 Å². The molecule has 3 aromatic carbocycles. The molecule has 0 unspecified atom stereocenters. The highest BCUT2D eigenvalue weighted by atomic mass is 16.6. The number of carbonyl (C=O) groups excluding carboxylic acids is 4. The maximum absolute atomic E-state index is 12.0. The molecule has 0 aliphatic rings. The first kappa shape index (κ1) is 32.9. The maximum Gasteiger partial charge on any atom is 0.344 e. The number of carbonyl (C=O) groups is 4. The molecule has 4 aromatic rings. The van der Waals surface area contributed by atoms with Crippen LogP contribution < -0.4 is 9.47 Å². The van der Waals surface area contributed by atoms with Gasteiger partial charge in [0.2, 0.25) is 0 Å². The van der Waals surface area contributed by atoms with Gasteiger partial charge in [0, 0.05) is 23.3 Å². The number of rotatable bonds is 16. The Bertz CT molecular complexity index is 1580. The van der Waals surface area contributed by atoms with E-state index in [1.165, 1.54) is 0 Å². The highest BCUT2D eigenvalue weighted by Crippen LogP contribution is 2.32. The van der Waals surface area contributed by atoms with E-state index in [1.807, 2.05) is 24.3 Å². The zero-order chi connectivity index (χ0) is 32.7. The van der Waals surface area contributed by atoms with Crippen LogP contribution >= 0.6 is 0 Å². The molecule has 0 radical (unpaired) electrons. The first-order valence-corrected chi connectivity index (χ1v) is 14.0. The topological polar surface area (TPSA) is 149 Å². The van der Waals surface area contributed by atoms with Crippen molar-refractivity contribution in [3.05, 3.63) is 98.1 Å². The quantitative estimate of drug-likeness (QED) is 0.0757. The number of esters is 4. The number of benzene rings is 3. The third kappa shape index (κ3) is 9.74. The van der Waals surface area contributed by atoms with Crippen LogP contribution in [0, 0.1) is 0 Å². The van der Waals surface area contributed by atoms with E-state index in [-0.39, 0.29) is 39.6 Å². The molecule has 0 fully saturated rings. The van der Waals surface area contributed by atoms with E-state index in [2.05, 4.69) is 13.2 Å². The standard InChI is InChI=1S/C34H30N2O10/c1-3-29(37)41-17-19-43-31(39)21-45-25-13-9-23(10-14-25)33-34(36-28-8-6-5-7-27(28)35-33)24-11-15-26(16-12-24)46-22-32(40)44-20-18-42-30(38)4-2/h3-16H,1-2,17-22H2. The van der Waals surface area contributed by atoms with Crippen LogP contribution in [0.3, 0.4) is 0 Å². The lowest BCUT2D eigenvalue weighted by Gasteiger charge is -2.12. The fraction of sp³-hybridized carbons (Fsp3) is 0.176. The van der Waals surface area contributed by atoms with Crippen LogP contribution in [0.4, 0.5) is 0 Å². The van der Waals surface area contributed by atoms with Gasteiger partial charge < -0.3 is 28.4 Å². The number of fused-ring (bicyclic) bond motifs is 1. The summed E-state index contributed by atoms with van der Waals surface area (Å²) in [5.74, 6) is -1.55. The number of hydrogen-bond donors (Lipinski definition) is 0. The van der Waals surface area contributed by atoms with Crippen molar-refractivity contribution in [2.75, 3.05) is 39.6 Å². The number of ether oxygens (including phenoxy) is 6. The normalized spacial score (nSPS) is 10.3. The van der Waals surface area contributed by atoms with E-state index < -0.39 is 23.9 Å². The second-order valence-corrected chi connectivity index (χ2v) is 9.22. The van der Waals surface area contributed by atoms with Crippen LogP contribution in [-0.4, -0.2) is 73.5 Å². The molecule has 0 bridgehead atoms. The first-order valence-electron chi connectivity index (χ1n) is 14.0. The van der Waals surface area contributed by atoms with Gasteiger partial charge >= 0.3 is 23.9 Å². The molecule has 1 aromatic heterocycles. The Hall–Kier alpha value is -6.04. The zero-order valence-corrected chi connectivity index (χ0v) is 24.7. The van der Waals surface area contributed by atoms with Gasteiger partial charge in [-0.15, -0.1) is 0 Å². The fourth-order valence-electron chi connectivity index (χ4n) is 3.90. The summed E-state index contributed by atoms with van der Waals surface area (Å²) in [4.78, 5) is 55.7. The van der Waals surface area contributed by atoms with Crippen molar-refractivity contribution in [2.45, 2.75) is 0 Å². The second-order valence-electron chi connectivity index (χ2n) is 9.22. The van der Waals surface area contributed by atoms with Crippen LogP contribution in [0.5, 0.6) is 11.5 Å². The SMILES string of the molecule is C=CC(=O)OCCOC(=O)COc1ccc(-c2nc3ccccc3nc2-c2ccc(OCC(=O)OCCOC(=O)C=C)cc2)cc1. The Morgan fingerprint density at radius 1 is 0.543 bits per heavy atom. The molecule has 0 aliphatic carbocycles. The van der Waals surface area contributed by atoms with E-state index in [9.17, 15) is 19.2 Å². The van der Waals surface area contributed by atoms with Gasteiger partial charge in [-0.05, 0) is 60.7 Å². The fourth-order valence-corrected chi connectivity index (χ4v) is 3.90. The van der Waals surface area contributed by atoms with Crippen LogP contribution in [0.25, 0.3) is 33.5 Å². The molecular weight excluding hydrogens is 596 g/mol. The van der Waals surface area contributed by atoms with Crippen molar-refractivity contribution in [3.8, 4) is 34.0 Å². The highest BCUT2D eigenvalue weighted by molar-refractivity contribution is 5.86. The molecule has 4 rings (SSSR count). The molecule has 0 amide bonds. The van der Waals surface area contributed by atoms with Gasteiger partial charge in [0.15, 0.2) is 13.2 Å². The van der Waals surface area contributed by atoms with Gasteiger partial charge in [-0.3, -0.25) is 0 Å². The molecule has 1 heterocycles. The Morgan fingerprint density at radius 3 is 1.28 bits per heavy atom. The lowest BCUT2D eigenvalue weighted by Crippen LogP contribution is -2.18. The monoisotopic (exact) mass is 626 g/mol. The number of aromatic nitrogens is 2. The predicted octanol–water partition coefficient (Wildman–Crippen LogP) is 4.27. The average molecular weight is 627 g/mol. The minimum absolute atomic E-state index is 0.0806. The number of hydrogen-bond acceptors (Lipinski definition) is 12. The van der Waals surface area contributed by atoms with Crippen LogP contribution in [0.15, 0.2) is 98.1 Å². The lowest BCUT2D eigenvalue weighted by atomic mass is 10.0. The van der Waals surface area contributed by atoms with E-state index in [1.54, 1.807) is 48.5 Å². The first-order chi connectivity index (χ1) is 22.4. The van der Waals surface area contributed by atoms with Gasteiger partial charge in [-0.1, -0.05) is 25.3 Å². The zero-order valence-electron chi connectivity index (χ0n) is 24.7. The van der Waals surface area contributed by atoms with Gasteiger partial charge in [0.1, 0.15) is 37.9 Å². The second kappa shape index (κ2) is 16.7. The van der Waals surface area contributed by atoms with Gasteiger partial charge in [0.25, 0.3) is 0 Å². The van der Waals surface area contributed by atoms with Crippen molar-refractivity contribution in [2.24, 2.45) is 0 Å². The summed E-state index contributed by atoms with van der Waals surface area (Å²) in [5.41, 5.74) is 4.17. The van der Waals surface area contributed by atoms with E-state index in [0.29, 0.717) is 33.9 Å². The Balaban J connectivity index is 1.40. The molecule has 236 valence electrons. The summed E-state index contributed by atoms with van der Waals surface area (Å²) in [6, 6.07) is 21.5. The molecule has 46 heavy (non-hydrogen) atoms. The Morgan fingerprint density at radius 2 is 0.913 bits per heavy atom. The average Bonchev–Trinajstić information content (AvgIpc) is 3.09. The molecule has 0 saturated heterocycles. The number of para-hydroxylation sites is 2. The molecule has 0 spiro atoms. The molecule has 12 heteroatoms. The van der Waals surface area contributed by atoms with Crippen molar-refractivity contribution >= 4 is 34.9 Å². The highest BCUT2D eigenvalue weighted by Gasteiger charge is 2.15. The summed E-state index contributed by atoms with van der Waals surface area (Å²) in [5, 5.41) is 0. The van der Waals surface area contributed by atoms with E-state index in [0.717, 1.165) is 23.3 Å². The van der Waals surface area contributed by atoms with Crippen molar-refractivity contribution in [3.63, 3.8) is 0 Å². The molecule has 0 aliphatic heterocycles. The third-order valence-corrected chi connectivity index (χ3v) is 6.05. The molecule has 12 nitrogen and oxygen atoms in total. The maximum atomic E-state index is 12.0. The number of nitrogens with zero attached hydrogens (tertiary/aromatic N) is 2. The van der Waals surface area contributed by atoms with Crippen molar-refractivity contribution in [1.29, 1.82) is 0 Å². The summed E-state index contributed by atoms with van der Waals surface area (Å²) < 4.78 is 30.5. The predicted molar refractivity (Wildman–Crippen MR) is 166 cm³/mol. The van der Waals surface area contributed by atoms with E-state index >= 15 is 0 Å². The smallest absolute Gasteiger partial charge is 0.344 e. The minimum Gasteiger partial charge on any atom is -0.482 e. The summed E-state index contributed by atoms with van der Waals surface area (Å²) in [6.45, 7) is 5.57. The molecule has 0 atom stereocenters.